The molecule has 0 bridgehead atoms. The molecule has 118 valence electrons. The fraction of sp³-hybridized carbons (Fsp3) is 0.375. The molecule has 1 aromatic heterocycles. The van der Waals surface area contributed by atoms with Crippen LogP contribution in [-0.2, 0) is 4.74 Å². The molecule has 0 amide bonds. The maximum absolute atomic E-state index is 12.2. The van der Waals surface area contributed by atoms with Gasteiger partial charge in [0.05, 0.1) is 33.3 Å². The summed E-state index contributed by atoms with van der Waals surface area (Å²) in [5.41, 5.74) is 0.961. The molecule has 0 aliphatic rings. The van der Waals surface area contributed by atoms with Crippen LogP contribution in [0.2, 0.25) is 0 Å². The first-order valence-corrected chi connectivity index (χ1v) is 6.84. The molecule has 1 heterocycles. The summed E-state index contributed by atoms with van der Waals surface area (Å²) < 4.78 is 21.5. The molecule has 0 aliphatic heterocycles. The van der Waals surface area contributed by atoms with E-state index in [9.17, 15) is 4.79 Å². The van der Waals surface area contributed by atoms with Gasteiger partial charge in [0.25, 0.3) is 0 Å². The average Bonchev–Trinajstić information content (AvgIpc) is 2.53. The van der Waals surface area contributed by atoms with Gasteiger partial charge in [0.15, 0.2) is 17.2 Å². The molecule has 2 rings (SSSR count). The molecule has 0 fully saturated rings. The Morgan fingerprint density at radius 1 is 1.09 bits per heavy atom. The Morgan fingerprint density at radius 3 is 2.27 bits per heavy atom. The molecule has 0 unspecified atom stereocenters. The van der Waals surface area contributed by atoms with E-state index in [1.807, 2.05) is 6.92 Å². The number of aromatic nitrogens is 1. The molecule has 0 saturated carbocycles. The lowest BCUT2D eigenvalue weighted by atomic mass is 10.0. The van der Waals surface area contributed by atoms with Crippen LogP contribution in [0.3, 0.4) is 0 Å². The van der Waals surface area contributed by atoms with Crippen LogP contribution in [0.5, 0.6) is 17.2 Å². The summed E-state index contributed by atoms with van der Waals surface area (Å²) in [6.07, 6.45) is 1.54. The zero-order chi connectivity index (χ0) is 16.3. The fourth-order valence-electron chi connectivity index (χ4n) is 2.53. The van der Waals surface area contributed by atoms with Gasteiger partial charge >= 0.3 is 5.97 Å². The van der Waals surface area contributed by atoms with E-state index in [1.165, 1.54) is 14.2 Å². The standard InChI is InChI=1S/C16H19NO5/c1-6-22-16(18)12-11-10(7-8-17-12)13(19-3)9(2)14(20-4)15(11)21-5/h7-8H,6H2,1-5H3. The Labute approximate surface area is 129 Å². The quantitative estimate of drug-likeness (QED) is 0.791. The summed E-state index contributed by atoms with van der Waals surface area (Å²) in [4.78, 5) is 16.3. The van der Waals surface area contributed by atoms with Crippen molar-refractivity contribution in [2.24, 2.45) is 0 Å². The minimum absolute atomic E-state index is 0.174. The topological polar surface area (TPSA) is 66.9 Å². The number of hydrogen-bond donors (Lipinski definition) is 0. The highest BCUT2D eigenvalue weighted by atomic mass is 16.5. The Bertz CT molecular complexity index is 711. The molecular weight excluding hydrogens is 286 g/mol. The van der Waals surface area contributed by atoms with Gasteiger partial charge in [-0.05, 0) is 19.9 Å². The first-order chi connectivity index (χ1) is 10.6. The third-order valence-corrected chi connectivity index (χ3v) is 3.39. The predicted octanol–water partition coefficient (Wildman–Crippen LogP) is 2.75. The first kappa shape index (κ1) is 15.9. The lowest BCUT2D eigenvalue weighted by molar-refractivity contribution is 0.0522. The average molecular weight is 305 g/mol. The van der Waals surface area contributed by atoms with E-state index in [2.05, 4.69) is 4.98 Å². The van der Waals surface area contributed by atoms with Crippen molar-refractivity contribution < 1.29 is 23.7 Å². The van der Waals surface area contributed by atoms with Crippen molar-refractivity contribution in [1.29, 1.82) is 0 Å². The maximum atomic E-state index is 12.2. The molecule has 1 aromatic carbocycles. The molecule has 6 nitrogen and oxygen atoms in total. The second-order valence-electron chi connectivity index (χ2n) is 4.53. The Balaban J connectivity index is 2.93. The minimum atomic E-state index is -0.514. The number of methoxy groups -OCH3 is 3. The van der Waals surface area contributed by atoms with Gasteiger partial charge < -0.3 is 18.9 Å². The number of ether oxygens (including phenoxy) is 4. The van der Waals surface area contributed by atoms with Gasteiger partial charge in [0, 0.05) is 17.1 Å². The van der Waals surface area contributed by atoms with E-state index in [0.29, 0.717) is 22.6 Å². The van der Waals surface area contributed by atoms with Gasteiger partial charge in [-0.1, -0.05) is 0 Å². The number of carbonyl (C=O) groups is 1. The second-order valence-corrected chi connectivity index (χ2v) is 4.53. The van der Waals surface area contributed by atoms with Crippen molar-refractivity contribution in [2.75, 3.05) is 27.9 Å². The number of esters is 1. The summed E-state index contributed by atoms with van der Waals surface area (Å²) >= 11 is 0. The fourth-order valence-corrected chi connectivity index (χ4v) is 2.53. The number of carbonyl (C=O) groups excluding carboxylic acids is 1. The first-order valence-electron chi connectivity index (χ1n) is 6.84. The SMILES string of the molecule is CCOC(=O)c1nccc2c(OC)c(C)c(OC)c(OC)c12. The highest BCUT2D eigenvalue weighted by Crippen LogP contribution is 2.46. The molecule has 0 saturated heterocycles. The second kappa shape index (κ2) is 6.51. The molecular formula is C16H19NO5. The summed E-state index contributed by atoms with van der Waals surface area (Å²) in [6.45, 7) is 3.87. The Kier molecular flexibility index (Phi) is 4.70. The van der Waals surface area contributed by atoms with E-state index < -0.39 is 5.97 Å². The summed E-state index contributed by atoms with van der Waals surface area (Å²) in [5, 5.41) is 1.23. The van der Waals surface area contributed by atoms with Gasteiger partial charge in [0.1, 0.15) is 5.75 Å². The van der Waals surface area contributed by atoms with E-state index in [4.69, 9.17) is 18.9 Å². The molecule has 22 heavy (non-hydrogen) atoms. The molecule has 0 atom stereocenters. The summed E-state index contributed by atoms with van der Waals surface area (Å²) in [5.74, 6) is 1.04. The number of rotatable bonds is 5. The molecule has 0 N–H and O–H groups in total. The maximum Gasteiger partial charge on any atom is 0.357 e. The largest absolute Gasteiger partial charge is 0.496 e. The van der Waals surface area contributed by atoms with Crippen molar-refractivity contribution >= 4 is 16.7 Å². The minimum Gasteiger partial charge on any atom is -0.496 e. The van der Waals surface area contributed by atoms with E-state index in [1.54, 1.807) is 26.3 Å². The normalized spacial score (nSPS) is 10.4. The van der Waals surface area contributed by atoms with Crippen LogP contribution in [0.4, 0.5) is 0 Å². The zero-order valence-electron chi connectivity index (χ0n) is 13.4. The molecule has 6 heteroatoms. The summed E-state index contributed by atoms with van der Waals surface area (Å²) in [7, 11) is 4.62. The van der Waals surface area contributed by atoms with Gasteiger partial charge in [-0.25, -0.2) is 9.78 Å². The third kappa shape index (κ3) is 2.41. The highest BCUT2D eigenvalue weighted by Gasteiger charge is 2.25. The number of hydrogen-bond acceptors (Lipinski definition) is 6. The predicted molar refractivity (Wildman–Crippen MR) is 82.1 cm³/mol. The van der Waals surface area contributed by atoms with Crippen molar-refractivity contribution in [3.8, 4) is 17.2 Å². The number of fused-ring (bicyclic) bond motifs is 1. The van der Waals surface area contributed by atoms with Crippen LogP contribution >= 0.6 is 0 Å². The molecule has 0 radical (unpaired) electrons. The van der Waals surface area contributed by atoms with Crippen LogP contribution in [0, 0.1) is 6.92 Å². The van der Waals surface area contributed by atoms with E-state index >= 15 is 0 Å². The van der Waals surface area contributed by atoms with Gasteiger partial charge in [-0.15, -0.1) is 0 Å². The van der Waals surface area contributed by atoms with Crippen molar-refractivity contribution in [2.45, 2.75) is 13.8 Å². The van der Waals surface area contributed by atoms with E-state index in [-0.39, 0.29) is 12.3 Å². The molecule has 0 aliphatic carbocycles. The monoisotopic (exact) mass is 305 g/mol. The Hall–Kier alpha value is -2.50. The van der Waals surface area contributed by atoms with Crippen LogP contribution in [-0.4, -0.2) is 38.9 Å². The molecule has 2 aromatic rings. The van der Waals surface area contributed by atoms with Crippen LogP contribution in [0.1, 0.15) is 23.0 Å². The third-order valence-electron chi connectivity index (χ3n) is 3.39. The van der Waals surface area contributed by atoms with Crippen LogP contribution in [0.15, 0.2) is 12.3 Å². The lowest BCUT2D eigenvalue weighted by Gasteiger charge is -2.18. The number of nitrogens with zero attached hydrogens (tertiary/aromatic N) is 1. The number of pyridine rings is 1. The van der Waals surface area contributed by atoms with Crippen LogP contribution < -0.4 is 14.2 Å². The van der Waals surface area contributed by atoms with Gasteiger partial charge in [-0.2, -0.15) is 0 Å². The molecule has 0 spiro atoms. The number of benzene rings is 1. The highest BCUT2D eigenvalue weighted by molar-refractivity contribution is 6.09. The van der Waals surface area contributed by atoms with Crippen LogP contribution in [0.25, 0.3) is 10.8 Å². The van der Waals surface area contributed by atoms with Gasteiger partial charge in [0.2, 0.25) is 0 Å². The summed E-state index contributed by atoms with van der Waals surface area (Å²) in [6, 6.07) is 1.77. The van der Waals surface area contributed by atoms with Crippen molar-refractivity contribution in [1.82, 2.24) is 4.98 Å². The van der Waals surface area contributed by atoms with Crippen molar-refractivity contribution in [3.05, 3.63) is 23.5 Å². The lowest BCUT2D eigenvalue weighted by Crippen LogP contribution is -2.09. The smallest absolute Gasteiger partial charge is 0.357 e. The Morgan fingerprint density at radius 2 is 1.73 bits per heavy atom. The van der Waals surface area contributed by atoms with Gasteiger partial charge in [-0.3, -0.25) is 0 Å². The van der Waals surface area contributed by atoms with Crippen molar-refractivity contribution in [3.63, 3.8) is 0 Å². The van der Waals surface area contributed by atoms with E-state index in [0.717, 1.165) is 10.9 Å². The zero-order valence-corrected chi connectivity index (χ0v) is 13.4.